The standard InChI is InChI=1S/C15H23N5S/c1-6-16-14-11(5)15(20-13(19-14)9(2)3)18-8-12-17-7-10(4)21-12/h7,9H,6,8H2,1-5H3,(H2,16,18,19,20). The second-order valence-electron chi connectivity index (χ2n) is 5.31. The zero-order chi connectivity index (χ0) is 15.4. The van der Waals surface area contributed by atoms with E-state index in [4.69, 9.17) is 0 Å². The molecule has 0 unspecified atom stereocenters. The van der Waals surface area contributed by atoms with Crippen molar-refractivity contribution in [1.29, 1.82) is 0 Å². The van der Waals surface area contributed by atoms with Crippen LogP contribution in [-0.2, 0) is 6.54 Å². The molecule has 0 radical (unpaired) electrons. The molecule has 5 nitrogen and oxygen atoms in total. The fourth-order valence-electron chi connectivity index (χ4n) is 1.95. The second kappa shape index (κ2) is 6.85. The molecule has 0 aliphatic rings. The highest BCUT2D eigenvalue weighted by Gasteiger charge is 2.13. The highest BCUT2D eigenvalue weighted by molar-refractivity contribution is 7.11. The number of hydrogen-bond donors (Lipinski definition) is 2. The molecule has 21 heavy (non-hydrogen) atoms. The summed E-state index contributed by atoms with van der Waals surface area (Å²) in [5.41, 5.74) is 1.05. The van der Waals surface area contributed by atoms with Crippen LogP contribution in [0.2, 0.25) is 0 Å². The molecular weight excluding hydrogens is 282 g/mol. The van der Waals surface area contributed by atoms with Crippen molar-refractivity contribution >= 4 is 23.0 Å². The molecule has 0 amide bonds. The number of thiazole rings is 1. The number of anilines is 2. The van der Waals surface area contributed by atoms with Crippen LogP contribution >= 0.6 is 11.3 Å². The van der Waals surface area contributed by atoms with Gasteiger partial charge in [-0.1, -0.05) is 13.8 Å². The van der Waals surface area contributed by atoms with Crippen LogP contribution in [0.15, 0.2) is 6.20 Å². The van der Waals surface area contributed by atoms with Gasteiger partial charge >= 0.3 is 0 Å². The van der Waals surface area contributed by atoms with Crippen molar-refractivity contribution in [3.8, 4) is 0 Å². The van der Waals surface area contributed by atoms with E-state index in [0.29, 0.717) is 12.5 Å². The molecule has 0 atom stereocenters. The van der Waals surface area contributed by atoms with E-state index in [1.165, 1.54) is 4.88 Å². The number of aryl methyl sites for hydroxylation is 1. The summed E-state index contributed by atoms with van der Waals surface area (Å²) in [6.07, 6.45) is 1.90. The van der Waals surface area contributed by atoms with E-state index in [1.807, 2.05) is 13.1 Å². The Morgan fingerprint density at radius 1 is 1.14 bits per heavy atom. The first-order valence-corrected chi connectivity index (χ1v) is 8.10. The molecule has 6 heteroatoms. The Bertz CT molecular complexity index is 606. The first-order valence-electron chi connectivity index (χ1n) is 7.28. The normalized spacial score (nSPS) is 11.0. The highest BCUT2D eigenvalue weighted by atomic mass is 32.1. The lowest BCUT2D eigenvalue weighted by Crippen LogP contribution is -2.11. The van der Waals surface area contributed by atoms with E-state index in [0.717, 1.165) is 34.6 Å². The van der Waals surface area contributed by atoms with Crippen LogP contribution in [0.25, 0.3) is 0 Å². The van der Waals surface area contributed by atoms with Crippen molar-refractivity contribution in [2.24, 2.45) is 0 Å². The topological polar surface area (TPSA) is 62.7 Å². The molecule has 2 rings (SSSR count). The summed E-state index contributed by atoms with van der Waals surface area (Å²) in [7, 11) is 0. The highest BCUT2D eigenvalue weighted by Crippen LogP contribution is 2.24. The van der Waals surface area contributed by atoms with E-state index < -0.39 is 0 Å². The molecular formula is C15H23N5S. The molecule has 0 aromatic carbocycles. The van der Waals surface area contributed by atoms with Crippen molar-refractivity contribution in [2.45, 2.75) is 47.1 Å². The van der Waals surface area contributed by atoms with Gasteiger partial charge < -0.3 is 10.6 Å². The Kier molecular flexibility index (Phi) is 5.12. The summed E-state index contributed by atoms with van der Waals surface area (Å²) in [6, 6.07) is 0. The minimum absolute atomic E-state index is 0.297. The van der Waals surface area contributed by atoms with Gasteiger partial charge in [0.15, 0.2) is 0 Å². The van der Waals surface area contributed by atoms with Gasteiger partial charge in [-0.05, 0) is 20.8 Å². The van der Waals surface area contributed by atoms with Gasteiger partial charge in [0.1, 0.15) is 22.5 Å². The maximum atomic E-state index is 4.65. The van der Waals surface area contributed by atoms with Crippen molar-refractivity contribution in [3.63, 3.8) is 0 Å². The molecule has 0 fully saturated rings. The van der Waals surface area contributed by atoms with Crippen LogP contribution in [0.4, 0.5) is 11.6 Å². The van der Waals surface area contributed by atoms with Gasteiger partial charge in [-0.25, -0.2) is 15.0 Å². The Morgan fingerprint density at radius 2 is 1.81 bits per heavy atom. The van der Waals surface area contributed by atoms with Crippen LogP contribution in [0, 0.1) is 13.8 Å². The molecule has 2 N–H and O–H groups in total. The van der Waals surface area contributed by atoms with Crippen LogP contribution in [0.5, 0.6) is 0 Å². The van der Waals surface area contributed by atoms with Gasteiger partial charge in [-0.2, -0.15) is 0 Å². The van der Waals surface area contributed by atoms with Crippen LogP contribution in [0.3, 0.4) is 0 Å². The Labute approximate surface area is 130 Å². The maximum Gasteiger partial charge on any atom is 0.135 e. The van der Waals surface area contributed by atoms with E-state index in [9.17, 15) is 0 Å². The average molecular weight is 305 g/mol. The largest absolute Gasteiger partial charge is 0.370 e. The minimum atomic E-state index is 0.297. The predicted octanol–water partition coefficient (Wildman–Crippen LogP) is 3.72. The first kappa shape index (κ1) is 15.7. The molecule has 2 aromatic heterocycles. The summed E-state index contributed by atoms with van der Waals surface area (Å²) in [5, 5.41) is 7.77. The minimum Gasteiger partial charge on any atom is -0.370 e. The van der Waals surface area contributed by atoms with Gasteiger partial charge in [-0.3, -0.25) is 0 Å². The quantitative estimate of drug-likeness (QED) is 0.851. The fourth-order valence-corrected chi connectivity index (χ4v) is 2.67. The lowest BCUT2D eigenvalue weighted by molar-refractivity contribution is 0.772. The van der Waals surface area contributed by atoms with Gasteiger partial charge in [0, 0.05) is 29.1 Å². The lowest BCUT2D eigenvalue weighted by Gasteiger charge is -2.15. The smallest absolute Gasteiger partial charge is 0.135 e. The van der Waals surface area contributed by atoms with Gasteiger partial charge in [-0.15, -0.1) is 11.3 Å². The van der Waals surface area contributed by atoms with Crippen LogP contribution in [-0.4, -0.2) is 21.5 Å². The van der Waals surface area contributed by atoms with E-state index in [-0.39, 0.29) is 0 Å². The van der Waals surface area contributed by atoms with Crippen molar-refractivity contribution < 1.29 is 0 Å². The SMILES string of the molecule is CCNc1nc(C(C)C)nc(NCc2ncc(C)s2)c1C. The summed E-state index contributed by atoms with van der Waals surface area (Å²) >= 11 is 1.71. The Morgan fingerprint density at radius 3 is 2.33 bits per heavy atom. The number of hydrogen-bond acceptors (Lipinski definition) is 6. The summed E-state index contributed by atoms with van der Waals surface area (Å²) in [5.74, 6) is 2.95. The van der Waals surface area contributed by atoms with Crippen molar-refractivity contribution in [3.05, 3.63) is 27.5 Å². The lowest BCUT2D eigenvalue weighted by atomic mass is 10.2. The zero-order valence-corrected chi connectivity index (χ0v) is 14.1. The summed E-state index contributed by atoms with van der Waals surface area (Å²) in [6.45, 7) is 11.9. The van der Waals surface area contributed by atoms with E-state index in [2.05, 4.69) is 53.3 Å². The third kappa shape index (κ3) is 3.91. The first-order chi connectivity index (χ1) is 10.0. The van der Waals surface area contributed by atoms with Crippen molar-refractivity contribution in [2.75, 3.05) is 17.2 Å². The molecule has 2 aromatic rings. The molecule has 114 valence electrons. The second-order valence-corrected chi connectivity index (χ2v) is 6.63. The fraction of sp³-hybridized carbons (Fsp3) is 0.533. The predicted molar refractivity (Wildman–Crippen MR) is 89.2 cm³/mol. The number of nitrogens with zero attached hydrogens (tertiary/aromatic N) is 3. The van der Waals surface area contributed by atoms with Gasteiger partial charge in [0.05, 0.1) is 6.54 Å². The number of rotatable bonds is 6. The van der Waals surface area contributed by atoms with E-state index >= 15 is 0 Å². The average Bonchev–Trinajstić information content (AvgIpc) is 2.85. The Balaban J connectivity index is 2.23. The number of nitrogens with one attached hydrogen (secondary N) is 2. The third-order valence-electron chi connectivity index (χ3n) is 3.10. The molecule has 2 heterocycles. The molecule has 0 saturated carbocycles. The van der Waals surface area contributed by atoms with Crippen LogP contribution in [0.1, 0.15) is 48.0 Å². The van der Waals surface area contributed by atoms with Gasteiger partial charge in [0.2, 0.25) is 0 Å². The van der Waals surface area contributed by atoms with Crippen molar-refractivity contribution in [1.82, 2.24) is 15.0 Å². The molecule has 0 bridgehead atoms. The zero-order valence-electron chi connectivity index (χ0n) is 13.3. The molecule has 0 aliphatic heterocycles. The molecule has 0 saturated heterocycles. The van der Waals surface area contributed by atoms with E-state index in [1.54, 1.807) is 11.3 Å². The maximum absolute atomic E-state index is 4.65. The third-order valence-corrected chi connectivity index (χ3v) is 4.01. The summed E-state index contributed by atoms with van der Waals surface area (Å²) in [4.78, 5) is 14.9. The number of aromatic nitrogens is 3. The monoisotopic (exact) mass is 305 g/mol. The summed E-state index contributed by atoms with van der Waals surface area (Å²) < 4.78 is 0. The Hall–Kier alpha value is -1.69. The molecule has 0 spiro atoms. The molecule has 0 aliphatic carbocycles. The van der Waals surface area contributed by atoms with Crippen LogP contribution < -0.4 is 10.6 Å². The van der Waals surface area contributed by atoms with Gasteiger partial charge in [0.25, 0.3) is 0 Å².